The van der Waals surface area contributed by atoms with Crippen molar-refractivity contribution in [2.24, 2.45) is 0 Å². The standard InChI is InChI=1S/C21H19ClN2O4/c22-28-18-7-8-20-19(12-18)15(13-24-20)9-10-23-21(27)11-17(26)6-3-14-1-4-16(25)5-2-14/h1-8,12-13,24-25H,9-11H2,(H,23,27)/b6-3+. The van der Waals surface area contributed by atoms with Gasteiger partial charge in [0.15, 0.2) is 5.78 Å². The summed E-state index contributed by atoms with van der Waals surface area (Å²) in [6.07, 6.45) is 5.24. The van der Waals surface area contributed by atoms with Gasteiger partial charge in [-0.05, 0) is 54.0 Å². The highest BCUT2D eigenvalue weighted by atomic mass is 35.5. The van der Waals surface area contributed by atoms with E-state index in [0.717, 1.165) is 22.0 Å². The summed E-state index contributed by atoms with van der Waals surface area (Å²) in [4.78, 5) is 27.0. The van der Waals surface area contributed by atoms with Crippen LogP contribution in [0, 0.1) is 0 Å². The molecule has 28 heavy (non-hydrogen) atoms. The molecule has 0 spiro atoms. The number of amides is 1. The van der Waals surface area contributed by atoms with Crippen LogP contribution in [0.15, 0.2) is 54.7 Å². The molecule has 0 fully saturated rings. The Balaban J connectivity index is 1.48. The first-order valence-electron chi connectivity index (χ1n) is 8.70. The number of carbonyl (C=O) groups excluding carboxylic acids is 2. The van der Waals surface area contributed by atoms with Crippen molar-refractivity contribution in [3.8, 4) is 11.5 Å². The van der Waals surface area contributed by atoms with Crippen molar-refractivity contribution in [1.82, 2.24) is 10.3 Å². The summed E-state index contributed by atoms with van der Waals surface area (Å²) < 4.78 is 4.73. The molecule has 144 valence electrons. The van der Waals surface area contributed by atoms with E-state index in [1.165, 1.54) is 18.2 Å². The summed E-state index contributed by atoms with van der Waals surface area (Å²) in [7, 11) is 0. The van der Waals surface area contributed by atoms with Crippen LogP contribution in [0.2, 0.25) is 0 Å². The molecule has 0 unspecified atom stereocenters. The fourth-order valence-electron chi connectivity index (χ4n) is 2.80. The normalized spacial score (nSPS) is 11.0. The van der Waals surface area contributed by atoms with Gasteiger partial charge in [-0.25, -0.2) is 0 Å². The molecule has 1 heterocycles. The highest BCUT2D eigenvalue weighted by Crippen LogP contribution is 2.24. The van der Waals surface area contributed by atoms with Crippen molar-refractivity contribution in [2.45, 2.75) is 12.8 Å². The third kappa shape index (κ3) is 5.14. The lowest BCUT2D eigenvalue weighted by atomic mass is 10.1. The fraction of sp³-hybridized carbons (Fsp3) is 0.143. The number of aromatic amines is 1. The summed E-state index contributed by atoms with van der Waals surface area (Å²) in [5.74, 6) is 0.0843. The second-order valence-electron chi connectivity index (χ2n) is 6.27. The number of aromatic hydroxyl groups is 1. The first-order chi connectivity index (χ1) is 13.5. The van der Waals surface area contributed by atoms with E-state index in [1.807, 2.05) is 18.3 Å². The van der Waals surface area contributed by atoms with Gasteiger partial charge in [0.1, 0.15) is 23.4 Å². The van der Waals surface area contributed by atoms with Gasteiger partial charge in [-0.15, -0.1) is 0 Å². The molecule has 3 aromatic rings. The molecule has 0 aliphatic rings. The number of phenolic OH excluding ortho intramolecular Hbond substituents is 1. The van der Waals surface area contributed by atoms with Crippen molar-refractivity contribution in [1.29, 1.82) is 0 Å². The number of benzene rings is 2. The predicted octanol–water partition coefficient (Wildman–Crippen LogP) is 3.74. The van der Waals surface area contributed by atoms with Crippen molar-refractivity contribution >= 4 is 40.5 Å². The Morgan fingerprint density at radius 3 is 2.71 bits per heavy atom. The van der Waals surface area contributed by atoms with Gasteiger partial charge in [0.2, 0.25) is 5.91 Å². The van der Waals surface area contributed by atoms with Gasteiger partial charge >= 0.3 is 0 Å². The quantitative estimate of drug-likeness (QED) is 0.398. The topological polar surface area (TPSA) is 91.4 Å². The van der Waals surface area contributed by atoms with Crippen LogP contribution in [-0.4, -0.2) is 28.3 Å². The van der Waals surface area contributed by atoms with E-state index in [1.54, 1.807) is 24.3 Å². The van der Waals surface area contributed by atoms with E-state index < -0.39 is 0 Å². The SMILES string of the molecule is O=C(/C=C/c1ccc(O)cc1)CC(=O)NCCc1c[nH]c2ccc(OCl)cc12. The van der Waals surface area contributed by atoms with E-state index in [0.29, 0.717) is 18.7 Å². The number of carbonyl (C=O) groups is 2. The average molecular weight is 399 g/mol. The van der Waals surface area contributed by atoms with Gasteiger partial charge in [0.05, 0.1) is 6.42 Å². The monoisotopic (exact) mass is 398 g/mol. The first kappa shape index (κ1) is 19.5. The molecule has 0 radical (unpaired) electrons. The smallest absolute Gasteiger partial charge is 0.227 e. The second kappa shape index (κ2) is 9.10. The minimum atomic E-state index is -0.329. The third-order valence-corrected chi connectivity index (χ3v) is 4.41. The number of phenols is 1. The number of ketones is 1. The van der Waals surface area contributed by atoms with Crippen LogP contribution in [0.1, 0.15) is 17.5 Å². The zero-order valence-corrected chi connectivity index (χ0v) is 15.7. The Morgan fingerprint density at radius 2 is 1.96 bits per heavy atom. The first-order valence-corrected chi connectivity index (χ1v) is 9.01. The number of fused-ring (bicyclic) bond motifs is 1. The molecule has 7 heteroatoms. The molecule has 6 nitrogen and oxygen atoms in total. The van der Waals surface area contributed by atoms with Gasteiger partial charge in [-0.3, -0.25) is 9.59 Å². The molecule has 3 rings (SSSR count). The number of aromatic nitrogens is 1. The van der Waals surface area contributed by atoms with Crippen LogP contribution >= 0.6 is 11.9 Å². The van der Waals surface area contributed by atoms with Crippen LogP contribution in [0.3, 0.4) is 0 Å². The molecule has 1 aromatic heterocycles. The van der Waals surface area contributed by atoms with Gasteiger partial charge in [0, 0.05) is 23.6 Å². The number of nitrogens with one attached hydrogen (secondary N) is 2. The number of halogens is 1. The zero-order valence-electron chi connectivity index (χ0n) is 14.9. The number of hydrogen-bond acceptors (Lipinski definition) is 4. The van der Waals surface area contributed by atoms with E-state index in [9.17, 15) is 14.7 Å². The van der Waals surface area contributed by atoms with Crippen LogP contribution in [0.5, 0.6) is 11.5 Å². The summed E-state index contributed by atoms with van der Waals surface area (Å²) in [6.45, 7) is 0.409. The van der Waals surface area contributed by atoms with Crippen LogP contribution < -0.4 is 9.61 Å². The van der Waals surface area contributed by atoms with Crippen molar-refractivity contribution < 1.29 is 19.0 Å². The Bertz CT molecular complexity index is 1010. The van der Waals surface area contributed by atoms with E-state index >= 15 is 0 Å². The van der Waals surface area contributed by atoms with Gasteiger partial charge in [-0.1, -0.05) is 18.2 Å². The third-order valence-electron chi connectivity index (χ3n) is 4.23. The molecule has 0 aliphatic heterocycles. The Hall–Kier alpha value is -3.25. The van der Waals surface area contributed by atoms with Gasteiger partial charge < -0.3 is 19.7 Å². The van der Waals surface area contributed by atoms with Gasteiger partial charge in [-0.2, -0.15) is 0 Å². The lowest BCUT2D eigenvalue weighted by molar-refractivity contribution is -0.126. The summed E-state index contributed by atoms with van der Waals surface area (Å²) >= 11 is 5.40. The number of allylic oxidation sites excluding steroid dienone is 1. The molecule has 0 saturated carbocycles. The molecular weight excluding hydrogens is 380 g/mol. The minimum absolute atomic E-state index is 0.157. The highest BCUT2D eigenvalue weighted by molar-refractivity contribution is 6.09. The predicted molar refractivity (Wildman–Crippen MR) is 108 cm³/mol. The maximum atomic E-state index is 12.0. The Labute approximate surface area is 167 Å². The number of H-pyrrole nitrogens is 1. The summed E-state index contributed by atoms with van der Waals surface area (Å²) in [5, 5.41) is 13.0. The molecular formula is C21H19ClN2O4. The molecule has 3 N–H and O–H groups in total. The van der Waals surface area contributed by atoms with Crippen LogP contribution in [0.25, 0.3) is 17.0 Å². The lowest BCUT2D eigenvalue weighted by Gasteiger charge is -2.04. The minimum Gasteiger partial charge on any atom is -0.508 e. The maximum absolute atomic E-state index is 12.0. The molecule has 0 atom stereocenters. The van der Waals surface area contributed by atoms with Gasteiger partial charge in [0.25, 0.3) is 0 Å². The average Bonchev–Trinajstić information content (AvgIpc) is 3.09. The molecule has 0 aliphatic carbocycles. The van der Waals surface area contributed by atoms with E-state index in [2.05, 4.69) is 10.3 Å². The van der Waals surface area contributed by atoms with E-state index in [4.69, 9.17) is 16.2 Å². The Morgan fingerprint density at radius 1 is 1.18 bits per heavy atom. The molecule has 0 bridgehead atoms. The van der Waals surface area contributed by atoms with E-state index in [-0.39, 0.29) is 23.9 Å². The van der Waals surface area contributed by atoms with Crippen molar-refractivity contribution in [3.05, 3.63) is 65.9 Å². The van der Waals surface area contributed by atoms with Crippen molar-refractivity contribution in [3.63, 3.8) is 0 Å². The number of rotatable bonds is 8. The zero-order chi connectivity index (χ0) is 19.9. The summed E-state index contributed by atoms with van der Waals surface area (Å²) in [6, 6.07) is 11.9. The van der Waals surface area contributed by atoms with Crippen molar-refractivity contribution in [2.75, 3.05) is 6.54 Å². The highest BCUT2D eigenvalue weighted by Gasteiger charge is 2.09. The second-order valence-corrected chi connectivity index (χ2v) is 6.42. The molecule has 0 saturated heterocycles. The fourth-order valence-corrected chi connectivity index (χ4v) is 2.90. The van der Waals surface area contributed by atoms with Crippen LogP contribution in [0.4, 0.5) is 0 Å². The molecule has 1 amide bonds. The largest absolute Gasteiger partial charge is 0.508 e. The summed E-state index contributed by atoms with van der Waals surface area (Å²) in [5.41, 5.74) is 2.74. The number of hydrogen-bond donors (Lipinski definition) is 3. The van der Waals surface area contributed by atoms with Crippen LogP contribution in [-0.2, 0) is 16.0 Å². The maximum Gasteiger partial charge on any atom is 0.227 e. The molecule has 2 aromatic carbocycles. The Kier molecular flexibility index (Phi) is 6.34. The lowest BCUT2D eigenvalue weighted by Crippen LogP contribution is -2.27.